The van der Waals surface area contributed by atoms with Crippen molar-refractivity contribution < 1.29 is 9.59 Å². The van der Waals surface area contributed by atoms with Gasteiger partial charge in [0.2, 0.25) is 5.91 Å². The van der Waals surface area contributed by atoms with Gasteiger partial charge in [-0.2, -0.15) is 4.37 Å². The average Bonchev–Trinajstić information content (AvgIpc) is 2.71. The van der Waals surface area contributed by atoms with Crippen LogP contribution in [0.25, 0.3) is 0 Å². The van der Waals surface area contributed by atoms with Crippen LogP contribution in [0.15, 0.2) is 0 Å². The summed E-state index contributed by atoms with van der Waals surface area (Å²) in [4.78, 5) is 23.3. The van der Waals surface area contributed by atoms with Gasteiger partial charge in [0, 0.05) is 5.92 Å². The maximum atomic E-state index is 11.8. The van der Waals surface area contributed by atoms with E-state index < -0.39 is 5.91 Å². The molecule has 1 aromatic heterocycles. The molecule has 3 N–H and O–H groups in total. The number of nitrogens with two attached hydrogens (primary N) is 1. The molecular formula is C12H19N3O2S. The summed E-state index contributed by atoms with van der Waals surface area (Å²) in [5, 5.41) is 3.19. The van der Waals surface area contributed by atoms with E-state index in [1.807, 2.05) is 27.7 Å². The van der Waals surface area contributed by atoms with Gasteiger partial charge in [-0.1, -0.05) is 27.7 Å². The molecule has 0 aliphatic rings. The SMILES string of the molecule is CCC(C)C(=O)Nc1snc(C(C)C)c1C(N)=O. The molecule has 5 nitrogen and oxygen atoms in total. The molecule has 0 saturated carbocycles. The number of carbonyl (C=O) groups is 2. The molecule has 18 heavy (non-hydrogen) atoms. The van der Waals surface area contributed by atoms with E-state index in [2.05, 4.69) is 9.69 Å². The molecule has 1 unspecified atom stereocenters. The molecule has 100 valence electrons. The van der Waals surface area contributed by atoms with Crippen LogP contribution in [-0.4, -0.2) is 16.2 Å². The van der Waals surface area contributed by atoms with Gasteiger partial charge in [-0.25, -0.2) is 0 Å². The summed E-state index contributed by atoms with van der Waals surface area (Å²) in [6, 6.07) is 0. The summed E-state index contributed by atoms with van der Waals surface area (Å²) in [7, 11) is 0. The predicted molar refractivity (Wildman–Crippen MR) is 72.8 cm³/mol. The molecule has 6 heteroatoms. The lowest BCUT2D eigenvalue weighted by Crippen LogP contribution is -2.22. The Morgan fingerprint density at radius 3 is 2.44 bits per heavy atom. The van der Waals surface area contributed by atoms with Crippen LogP contribution in [0.4, 0.5) is 5.00 Å². The van der Waals surface area contributed by atoms with Gasteiger partial charge < -0.3 is 11.1 Å². The van der Waals surface area contributed by atoms with Gasteiger partial charge in [0.1, 0.15) is 5.00 Å². The van der Waals surface area contributed by atoms with E-state index in [4.69, 9.17) is 5.73 Å². The third-order valence-electron chi connectivity index (χ3n) is 2.81. The van der Waals surface area contributed by atoms with Gasteiger partial charge >= 0.3 is 0 Å². The first-order valence-electron chi connectivity index (χ1n) is 5.98. The van der Waals surface area contributed by atoms with E-state index in [1.165, 1.54) is 0 Å². The molecule has 0 aliphatic heterocycles. The van der Waals surface area contributed by atoms with Crippen molar-refractivity contribution in [3.05, 3.63) is 11.3 Å². The van der Waals surface area contributed by atoms with Crippen molar-refractivity contribution in [2.75, 3.05) is 5.32 Å². The van der Waals surface area contributed by atoms with Gasteiger partial charge in [0.15, 0.2) is 0 Å². The first-order valence-corrected chi connectivity index (χ1v) is 6.76. The fraction of sp³-hybridized carbons (Fsp3) is 0.583. The molecular weight excluding hydrogens is 250 g/mol. The lowest BCUT2D eigenvalue weighted by Gasteiger charge is -2.09. The number of hydrogen-bond donors (Lipinski definition) is 2. The zero-order valence-corrected chi connectivity index (χ0v) is 11.9. The largest absolute Gasteiger partial charge is 0.365 e. The average molecular weight is 269 g/mol. The molecule has 0 saturated heterocycles. The number of hydrogen-bond acceptors (Lipinski definition) is 4. The quantitative estimate of drug-likeness (QED) is 0.860. The Hall–Kier alpha value is -1.43. The number of aromatic nitrogens is 1. The third-order valence-corrected chi connectivity index (χ3v) is 3.59. The summed E-state index contributed by atoms with van der Waals surface area (Å²) in [6.45, 7) is 7.64. The Labute approximate surface area is 111 Å². The minimum Gasteiger partial charge on any atom is -0.365 e. The molecule has 0 radical (unpaired) electrons. The lowest BCUT2D eigenvalue weighted by atomic mass is 10.0. The van der Waals surface area contributed by atoms with Gasteiger partial charge in [0.25, 0.3) is 5.91 Å². The second kappa shape index (κ2) is 5.95. The van der Waals surface area contributed by atoms with Gasteiger partial charge in [-0.3, -0.25) is 9.59 Å². The van der Waals surface area contributed by atoms with Crippen LogP contribution < -0.4 is 11.1 Å². The highest BCUT2D eigenvalue weighted by Crippen LogP contribution is 2.29. The van der Waals surface area contributed by atoms with Crippen molar-refractivity contribution in [1.29, 1.82) is 0 Å². The van der Waals surface area contributed by atoms with E-state index in [0.717, 1.165) is 18.0 Å². The van der Waals surface area contributed by atoms with E-state index in [9.17, 15) is 9.59 Å². The Morgan fingerprint density at radius 1 is 1.39 bits per heavy atom. The highest BCUT2D eigenvalue weighted by molar-refractivity contribution is 7.11. The Balaban J connectivity index is 3.03. The number of amides is 2. The minimum atomic E-state index is -0.549. The lowest BCUT2D eigenvalue weighted by molar-refractivity contribution is -0.119. The molecule has 2 amide bonds. The molecule has 0 spiro atoms. The maximum Gasteiger partial charge on any atom is 0.253 e. The second-order valence-corrected chi connectivity index (χ2v) is 5.36. The molecule has 0 aromatic carbocycles. The van der Waals surface area contributed by atoms with Crippen LogP contribution in [0.1, 0.15) is 56.1 Å². The van der Waals surface area contributed by atoms with Crippen molar-refractivity contribution in [1.82, 2.24) is 4.37 Å². The number of carbonyl (C=O) groups excluding carboxylic acids is 2. The van der Waals surface area contributed by atoms with Crippen LogP contribution in [0.3, 0.4) is 0 Å². The molecule has 1 heterocycles. The number of nitrogens with one attached hydrogen (secondary N) is 1. The maximum absolute atomic E-state index is 11.8. The fourth-order valence-electron chi connectivity index (χ4n) is 1.44. The van der Waals surface area contributed by atoms with E-state index >= 15 is 0 Å². The normalized spacial score (nSPS) is 12.5. The van der Waals surface area contributed by atoms with Crippen molar-refractivity contribution >= 4 is 28.3 Å². The highest BCUT2D eigenvalue weighted by atomic mass is 32.1. The number of anilines is 1. The number of rotatable bonds is 5. The summed E-state index contributed by atoms with van der Waals surface area (Å²) in [5.41, 5.74) is 6.34. The van der Waals surface area contributed by atoms with E-state index in [-0.39, 0.29) is 17.7 Å². The molecule has 1 atom stereocenters. The zero-order chi connectivity index (χ0) is 13.9. The number of nitrogens with zero attached hydrogens (tertiary/aromatic N) is 1. The first kappa shape index (κ1) is 14.6. The van der Waals surface area contributed by atoms with Crippen LogP contribution in [0.2, 0.25) is 0 Å². The smallest absolute Gasteiger partial charge is 0.253 e. The summed E-state index contributed by atoms with van der Waals surface area (Å²) >= 11 is 1.11. The topological polar surface area (TPSA) is 85.1 Å². The van der Waals surface area contributed by atoms with Crippen molar-refractivity contribution in [2.45, 2.75) is 40.0 Å². The first-order chi connectivity index (χ1) is 8.38. The predicted octanol–water partition coefficient (Wildman–Crippen LogP) is 2.35. The Morgan fingerprint density at radius 2 is 2.00 bits per heavy atom. The van der Waals surface area contributed by atoms with Gasteiger partial charge in [-0.05, 0) is 23.9 Å². The highest BCUT2D eigenvalue weighted by Gasteiger charge is 2.23. The Bertz CT molecular complexity index is 454. The summed E-state index contributed by atoms with van der Waals surface area (Å²) < 4.78 is 4.20. The van der Waals surface area contributed by atoms with Crippen LogP contribution in [-0.2, 0) is 4.79 Å². The van der Waals surface area contributed by atoms with Crippen LogP contribution in [0, 0.1) is 5.92 Å². The van der Waals surface area contributed by atoms with Crippen LogP contribution in [0.5, 0.6) is 0 Å². The fourth-order valence-corrected chi connectivity index (χ4v) is 2.37. The molecule has 1 aromatic rings. The number of primary amides is 1. The third kappa shape index (κ3) is 3.07. The monoisotopic (exact) mass is 269 g/mol. The van der Waals surface area contributed by atoms with E-state index in [0.29, 0.717) is 16.3 Å². The second-order valence-electron chi connectivity index (χ2n) is 4.59. The van der Waals surface area contributed by atoms with Crippen molar-refractivity contribution in [3.8, 4) is 0 Å². The van der Waals surface area contributed by atoms with Gasteiger partial charge in [-0.15, -0.1) is 0 Å². The van der Waals surface area contributed by atoms with Gasteiger partial charge in [0.05, 0.1) is 11.3 Å². The van der Waals surface area contributed by atoms with Crippen LogP contribution >= 0.6 is 11.5 Å². The molecule has 0 bridgehead atoms. The minimum absolute atomic E-state index is 0.0954. The molecule has 1 rings (SSSR count). The van der Waals surface area contributed by atoms with E-state index in [1.54, 1.807) is 0 Å². The zero-order valence-electron chi connectivity index (χ0n) is 11.1. The van der Waals surface area contributed by atoms with Crippen molar-refractivity contribution in [3.63, 3.8) is 0 Å². The summed E-state index contributed by atoms with van der Waals surface area (Å²) in [6.07, 6.45) is 0.744. The standard InChI is InChI=1S/C12H19N3O2S/c1-5-7(4)11(17)14-12-8(10(13)16)9(6(2)3)15-18-12/h6-7H,5H2,1-4H3,(H2,13,16)(H,14,17). The summed E-state index contributed by atoms with van der Waals surface area (Å²) in [5.74, 6) is -0.667. The Kier molecular flexibility index (Phi) is 4.84. The van der Waals surface area contributed by atoms with Crippen molar-refractivity contribution in [2.24, 2.45) is 11.7 Å². The molecule has 0 aliphatic carbocycles. The molecule has 0 fully saturated rings.